The van der Waals surface area contributed by atoms with Gasteiger partial charge >= 0.3 is 0 Å². The minimum Gasteiger partial charge on any atom is -0.454 e. The van der Waals surface area contributed by atoms with Crippen molar-refractivity contribution in [1.82, 2.24) is 4.98 Å². The highest BCUT2D eigenvalue weighted by atomic mass is 16.7. The molecule has 17 heavy (non-hydrogen) atoms. The van der Waals surface area contributed by atoms with Gasteiger partial charge in [-0.2, -0.15) is 0 Å². The molecule has 4 heteroatoms. The van der Waals surface area contributed by atoms with Crippen molar-refractivity contribution in [1.29, 1.82) is 0 Å². The van der Waals surface area contributed by atoms with Gasteiger partial charge < -0.3 is 14.8 Å². The average Bonchev–Trinajstić information content (AvgIpc) is 2.80. The summed E-state index contributed by atoms with van der Waals surface area (Å²) in [5.41, 5.74) is 0. The molecular formula is C13H10N2O2. The Kier molecular flexibility index (Phi) is 2.23. The van der Waals surface area contributed by atoms with Crippen molar-refractivity contribution < 1.29 is 9.47 Å². The highest BCUT2D eigenvalue weighted by Gasteiger charge is 2.15. The Bertz CT molecular complexity index is 617. The number of pyridine rings is 1. The van der Waals surface area contributed by atoms with Gasteiger partial charge in [0.1, 0.15) is 5.82 Å². The van der Waals surface area contributed by atoms with Gasteiger partial charge in [-0.15, -0.1) is 6.42 Å². The SMILES string of the molecule is C#CCNc1nccc2cc3c(cc12)OCO3. The van der Waals surface area contributed by atoms with Crippen molar-refractivity contribution in [2.75, 3.05) is 18.7 Å². The summed E-state index contributed by atoms with van der Waals surface area (Å²) in [7, 11) is 0. The van der Waals surface area contributed by atoms with E-state index in [1.54, 1.807) is 6.20 Å². The summed E-state index contributed by atoms with van der Waals surface area (Å²) in [6.07, 6.45) is 6.97. The van der Waals surface area contributed by atoms with Crippen LogP contribution >= 0.6 is 0 Å². The molecule has 2 heterocycles. The minimum atomic E-state index is 0.270. The van der Waals surface area contributed by atoms with Crippen molar-refractivity contribution in [3.8, 4) is 23.8 Å². The fraction of sp³-hybridized carbons (Fsp3) is 0.154. The van der Waals surface area contributed by atoms with Crippen molar-refractivity contribution in [3.05, 3.63) is 24.4 Å². The third-order valence-corrected chi connectivity index (χ3v) is 2.62. The van der Waals surface area contributed by atoms with Crippen LogP contribution in [0.3, 0.4) is 0 Å². The van der Waals surface area contributed by atoms with Gasteiger partial charge in [0.25, 0.3) is 0 Å². The van der Waals surface area contributed by atoms with E-state index in [-0.39, 0.29) is 6.79 Å². The quantitative estimate of drug-likeness (QED) is 0.795. The molecule has 1 aromatic carbocycles. The third kappa shape index (κ3) is 1.62. The molecule has 0 saturated heterocycles. The summed E-state index contributed by atoms with van der Waals surface area (Å²) in [4.78, 5) is 4.27. The van der Waals surface area contributed by atoms with Crippen LogP contribution in [0.15, 0.2) is 24.4 Å². The van der Waals surface area contributed by atoms with E-state index in [1.807, 2.05) is 18.2 Å². The van der Waals surface area contributed by atoms with E-state index in [4.69, 9.17) is 15.9 Å². The first-order chi connectivity index (χ1) is 8.38. The van der Waals surface area contributed by atoms with Gasteiger partial charge in [-0.1, -0.05) is 5.92 Å². The Balaban J connectivity index is 2.15. The Hall–Kier alpha value is -2.41. The fourth-order valence-corrected chi connectivity index (χ4v) is 1.84. The zero-order chi connectivity index (χ0) is 11.7. The Morgan fingerprint density at radius 2 is 2.18 bits per heavy atom. The lowest BCUT2D eigenvalue weighted by Crippen LogP contribution is -2.01. The van der Waals surface area contributed by atoms with E-state index < -0.39 is 0 Å². The lowest BCUT2D eigenvalue weighted by molar-refractivity contribution is 0.174. The number of aromatic nitrogens is 1. The van der Waals surface area contributed by atoms with Crippen LogP contribution in [0.1, 0.15) is 0 Å². The zero-order valence-electron chi connectivity index (χ0n) is 9.06. The summed E-state index contributed by atoms with van der Waals surface area (Å²) in [6.45, 7) is 0.715. The van der Waals surface area contributed by atoms with Gasteiger partial charge in [0.15, 0.2) is 11.5 Å². The van der Waals surface area contributed by atoms with Gasteiger partial charge in [-0.25, -0.2) is 4.98 Å². The van der Waals surface area contributed by atoms with Gasteiger partial charge in [0.2, 0.25) is 6.79 Å². The number of terminal acetylenes is 1. The maximum absolute atomic E-state index is 5.35. The number of anilines is 1. The van der Waals surface area contributed by atoms with Crippen LogP contribution in [0.2, 0.25) is 0 Å². The molecule has 4 nitrogen and oxygen atoms in total. The molecule has 0 amide bonds. The van der Waals surface area contributed by atoms with Crippen LogP contribution in [0.5, 0.6) is 11.5 Å². The molecule has 0 unspecified atom stereocenters. The van der Waals surface area contributed by atoms with Gasteiger partial charge in [0.05, 0.1) is 6.54 Å². The Morgan fingerprint density at radius 1 is 1.35 bits per heavy atom. The number of nitrogens with one attached hydrogen (secondary N) is 1. The second-order valence-corrected chi connectivity index (χ2v) is 3.64. The monoisotopic (exact) mass is 226 g/mol. The number of fused-ring (bicyclic) bond motifs is 2. The lowest BCUT2D eigenvalue weighted by Gasteiger charge is -2.07. The minimum absolute atomic E-state index is 0.270. The largest absolute Gasteiger partial charge is 0.454 e. The molecule has 1 aliphatic heterocycles. The molecule has 0 aliphatic carbocycles. The van der Waals surface area contributed by atoms with Crippen molar-refractivity contribution in [3.63, 3.8) is 0 Å². The average molecular weight is 226 g/mol. The molecule has 0 spiro atoms. The summed E-state index contributed by atoms with van der Waals surface area (Å²) < 4.78 is 10.7. The van der Waals surface area contributed by atoms with E-state index in [0.717, 1.165) is 28.1 Å². The highest BCUT2D eigenvalue weighted by Crippen LogP contribution is 2.37. The number of benzene rings is 1. The fourth-order valence-electron chi connectivity index (χ4n) is 1.84. The molecule has 0 saturated carbocycles. The number of nitrogens with zero attached hydrogens (tertiary/aromatic N) is 1. The smallest absolute Gasteiger partial charge is 0.231 e. The summed E-state index contributed by atoms with van der Waals surface area (Å²) in [6, 6.07) is 5.79. The van der Waals surface area contributed by atoms with Gasteiger partial charge in [-0.05, 0) is 23.6 Å². The first kappa shape index (κ1) is 9.79. The normalized spacial score (nSPS) is 12.4. The third-order valence-electron chi connectivity index (χ3n) is 2.62. The molecule has 0 bridgehead atoms. The number of hydrogen-bond donors (Lipinski definition) is 1. The van der Waals surface area contributed by atoms with Crippen molar-refractivity contribution in [2.24, 2.45) is 0 Å². The van der Waals surface area contributed by atoms with Crippen LogP contribution in [0, 0.1) is 12.3 Å². The molecule has 1 N–H and O–H groups in total. The maximum Gasteiger partial charge on any atom is 0.231 e. The Labute approximate surface area is 98.6 Å². The Morgan fingerprint density at radius 3 is 3.00 bits per heavy atom. The lowest BCUT2D eigenvalue weighted by atomic mass is 10.1. The van der Waals surface area contributed by atoms with E-state index in [0.29, 0.717) is 6.54 Å². The molecule has 1 aliphatic rings. The predicted octanol–water partition coefficient (Wildman–Crippen LogP) is 2.01. The molecular weight excluding hydrogens is 216 g/mol. The molecule has 0 atom stereocenters. The van der Waals surface area contributed by atoms with Gasteiger partial charge in [0, 0.05) is 11.6 Å². The van der Waals surface area contributed by atoms with E-state index >= 15 is 0 Å². The van der Waals surface area contributed by atoms with E-state index in [9.17, 15) is 0 Å². The van der Waals surface area contributed by atoms with Crippen LogP contribution in [0.25, 0.3) is 10.8 Å². The molecule has 2 aromatic rings. The van der Waals surface area contributed by atoms with Crippen LogP contribution in [0.4, 0.5) is 5.82 Å². The second kappa shape index (κ2) is 3.87. The van der Waals surface area contributed by atoms with Crippen LogP contribution in [-0.2, 0) is 0 Å². The number of hydrogen-bond acceptors (Lipinski definition) is 4. The summed E-state index contributed by atoms with van der Waals surface area (Å²) in [5, 5.41) is 5.11. The summed E-state index contributed by atoms with van der Waals surface area (Å²) >= 11 is 0. The van der Waals surface area contributed by atoms with Crippen molar-refractivity contribution >= 4 is 16.6 Å². The van der Waals surface area contributed by atoms with E-state index in [1.165, 1.54) is 0 Å². The first-order valence-electron chi connectivity index (χ1n) is 5.24. The molecule has 84 valence electrons. The summed E-state index contributed by atoms with van der Waals surface area (Å²) in [5.74, 6) is 4.80. The van der Waals surface area contributed by atoms with Gasteiger partial charge in [-0.3, -0.25) is 0 Å². The standard InChI is InChI=1S/C13H10N2O2/c1-2-4-14-13-10-7-12-11(16-8-17-12)6-9(10)3-5-15-13/h1,3,5-7H,4,8H2,(H,14,15). The van der Waals surface area contributed by atoms with Crippen LogP contribution < -0.4 is 14.8 Å². The molecule has 0 radical (unpaired) electrons. The molecule has 0 fully saturated rings. The maximum atomic E-state index is 5.35. The number of ether oxygens (including phenoxy) is 2. The van der Waals surface area contributed by atoms with Crippen LogP contribution in [-0.4, -0.2) is 18.3 Å². The number of rotatable bonds is 2. The van der Waals surface area contributed by atoms with E-state index in [2.05, 4.69) is 16.2 Å². The molecule has 1 aromatic heterocycles. The highest BCUT2D eigenvalue weighted by molar-refractivity contribution is 5.94. The topological polar surface area (TPSA) is 43.4 Å². The zero-order valence-corrected chi connectivity index (χ0v) is 9.06. The van der Waals surface area contributed by atoms with Crippen molar-refractivity contribution in [2.45, 2.75) is 0 Å². The second-order valence-electron chi connectivity index (χ2n) is 3.64. The first-order valence-corrected chi connectivity index (χ1v) is 5.24. The molecule has 3 rings (SSSR count). The predicted molar refractivity (Wildman–Crippen MR) is 65.2 cm³/mol.